The molecule has 2 unspecified atom stereocenters. The minimum absolute atomic E-state index is 0.0247. The lowest BCUT2D eigenvalue weighted by Gasteiger charge is -2.27. The second kappa shape index (κ2) is 9.18. The predicted octanol–water partition coefficient (Wildman–Crippen LogP) is 4.44. The summed E-state index contributed by atoms with van der Waals surface area (Å²) in [5, 5.41) is 3.05. The van der Waals surface area contributed by atoms with Crippen LogP contribution in [0.1, 0.15) is 36.1 Å². The van der Waals surface area contributed by atoms with Crippen molar-refractivity contribution < 1.29 is 14.3 Å². The molecular formula is C22H27NO3S. The number of para-hydroxylation sites is 1. The number of fused-ring (bicyclic) bond motifs is 1. The molecule has 1 N–H and O–H groups in total. The molecule has 4 nitrogen and oxygen atoms in total. The molecule has 5 heteroatoms. The summed E-state index contributed by atoms with van der Waals surface area (Å²) in [6.45, 7) is 7.27. The van der Waals surface area contributed by atoms with E-state index in [2.05, 4.69) is 30.4 Å². The standard InChI is InChI=1S/C22H27NO3S/c1-15-8-9-16(2)21(14-15)26-12-13-27-17(3)22(24)23-19-10-11-25-20-7-5-4-6-18(19)20/h4-9,14,17,19H,10-13H2,1-3H3,(H,23,24). The number of hydrogen-bond donors (Lipinski definition) is 1. The number of thioether (sulfide) groups is 1. The zero-order valence-corrected chi connectivity index (χ0v) is 17.0. The Morgan fingerprint density at radius 1 is 1.30 bits per heavy atom. The molecule has 144 valence electrons. The van der Waals surface area contributed by atoms with Gasteiger partial charge in [-0.1, -0.05) is 30.3 Å². The van der Waals surface area contributed by atoms with Gasteiger partial charge in [0, 0.05) is 17.7 Å². The van der Waals surface area contributed by atoms with Crippen LogP contribution in [0.15, 0.2) is 42.5 Å². The second-order valence-electron chi connectivity index (χ2n) is 6.87. The third-order valence-electron chi connectivity index (χ3n) is 4.70. The summed E-state index contributed by atoms with van der Waals surface area (Å²) < 4.78 is 11.5. The molecule has 0 saturated heterocycles. The highest BCUT2D eigenvalue weighted by atomic mass is 32.2. The molecule has 1 heterocycles. The van der Waals surface area contributed by atoms with Gasteiger partial charge in [-0.3, -0.25) is 4.79 Å². The van der Waals surface area contributed by atoms with Crippen LogP contribution < -0.4 is 14.8 Å². The molecule has 0 aliphatic carbocycles. The Kier molecular flexibility index (Phi) is 6.67. The molecule has 0 saturated carbocycles. The van der Waals surface area contributed by atoms with Gasteiger partial charge >= 0.3 is 0 Å². The fourth-order valence-electron chi connectivity index (χ4n) is 3.10. The third kappa shape index (κ3) is 5.19. The largest absolute Gasteiger partial charge is 0.493 e. The first kappa shape index (κ1) is 19.6. The number of benzene rings is 2. The van der Waals surface area contributed by atoms with Crippen molar-refractivity contribution in [3.8, 4) is 11.5 Å². The van der Waals surface area contributed by atoms with Crippen LogP contribution in [-0.2, 0) is 4.79 Å². The zero-order chi connectivity index (χ0) is 19.2. The van der Waals surface area contributed by atoms with Crippen LogP contribution in [0.25, 0.3) is 0 Å². The first-order valence-electron chi connectivity index (χ1n) is 9.38. The van der Waals surface area contributed by atoms with Crippen LogP contribution in [0, 0.1) is 13.8 Å². The number of amides is 1. The van der Waals surface area contributed by atoms with Gasteiger partial charge in [0.25, 0.3) is 0 Å². The van der Waals surface area contributed by atoms with Crippen molar-refractivity contribution in [1.82, 2.24) is 5.32 Å². The van der Waals surface area contributed by atoms with Gasteiger partial charge in [0.2, 0.25) is 5.91 Å². The monoisotopic (exact) mass is 385 g/mol. The highest BCUT2D eigenvalue weighted by Crippen LogP contribution is 2.31. The molecule has 2 aromatic rings. The first-order valence-corrected chi connectivity index (χ1v) is 10.4. The summed E-state index contributed by atoms with van der Waals surface area (Å²) in [5.41, 5.74) is 3.38. The van der Waals surface area contributed by atoms with Crippen LogP contribution >= 0.6 is 11.8 Å². The minimum Gasteiger partial charge on any atom is -0.493 e. The van der Waals surface area contributed by atoms with Crippen LogP contribution in [0.4, 0.5) is 0 Å². The lowest BCUT2D eigenvalue weighted by atomic mass is 10.0. The Balaban J connectivity index is 1.45. The number of rotatable bonds is 7. The van der Waals surface area contributed by atoms with Gasteiger partial charge in [-0.05, 0) is 44.0 Å². The average molecular weight is 386 g/mol. The van der Waals surface area contributed by atoms with Gasteiger partial charge in [-0.15, -0.1) is 11.8 Å². The summed E-state index contributed by atoms with van der Waals surface area (Å²) in [5.74, 6) is 2.63. The number of nitrogens with one attached hydrogen (secondary N) is 1. The van der Waals surface area contributed by atoms with Gasteiger partial charge in [0.1, 0.15) is 11.5 Å². The van der Waals surface area contributed by atoms with Gasteiger partial charge in [0.05, 0.1) is 24.5 Å². The number of carbonyl (C=O) groups is 1. The van der Waals surface area contributed by atoms with E-state index in [1.165, 1.54) is 5.56 Å². The molecule has 1 amide bonds. The summed E-state index contributed by atoms with van der Waals surface area (Å²) in [4.78, 5) is 12.6. The highest BCUT2D eigenvalue weighted by Gasteiger charge is 2.24. The smallest absolute Gasteiger partial charge is 0.233 e. The Morgan fingerprint density at radius 2 is 2.11 bits per heavy atom. The van der Waals surface area contributed by atoms with E-state index in [-0.39, 0.29) is 17.2 Å². The van der Waals surface area contributed by atoms with Crippen LogP contribution in [-0.4, -0.2) is 30.1 Å². The van der Waals surface area contributed by atoms with Crippen LogP contribution in [0.5, 0.6) is 11.5 Å². The fourth-order valence-corrected chi connectivity index (χ4v) is 3.85. The number of carbonyl (C=O) groups excluding carboxylic acids is 1. The number of aryl methyl sites for hydroxylation is 2. The van der Waals surface area contributed by atoms with E-state index in [0.29, 0.717) is 13.2 Å². The first-order chi connectivity index (χ1) is 13.0. The molecule has 1 aliphatic heterocycles. The Hall–Kier alpha value is -2.14. The van der Waals surface area contributed by atoms with E-state index in [1.54, 1.807) is 11.8 Å². The van der Waals surface area contributed by atoms with Gasteiger partial charge in [-0.2, -0.15) is 0 Å². The zero-order valence-electron chi connectivity index (χ0n) is 16.2. The van der Waals surface area contributed by atoms with E-state index in [4.69, 9.17) is 9.47 Å². The van der Waals surface area contributed by atoms with E-state index in [9.17, 15) is 4.79 Å². The Labute approximate surface area is 165 Å². The second-order valence-corrected chi connectivity index (χ2v) is 8.32. The van der Waals surface area contributed by atoms with E-state index in [1.807, 2.05) is 38.1 Å². The quantitative estimate of drug-likeness (QED) is 0.716. The van der Waals surface area contributed by atoms with Crippen molar-refractivity contribution >= 4 is 17.7 Å². The number of hydrogen-bond acceptors (Lipinski definition) is 4. The summed E-state index contributed by atoms with van der Waals surface area (Å²) in [6.07, 6.45) is 0.801. The fraction of sp³-hybridized carbons (Fsp3) is 0.409. The van der Waals surface area contributed by atoms with Crippen molar-refractivity contribution in [2.75, 3.05) is 19.0 Å². The molecule has 1 aliphatic rings. The molecule has 27 heavy (non-hydrogen) atoms. The number of ether oxygens (including phenoxy) is 2. The molecular weight excluding hydrogens is 358 g/mol. The maximum absolute atomic E-state index is 12.6. The van der Waals surface area contributed by atoms with Crippen LogP contribution in [0.2, 0.25) is 0 Å². The van der Waals surface area contributed by atoms with Crippen molar-refractivity contribution in [3.63, 3.8) is 0 Å². The molecule has 3 rings (SSSR count). The van der Waals surface area contributed by atoms with E-state index < -0.39 is 0 Å². The molecule has 0 spiro atoms. The maximum atomic E-state index is 12.6. The van der Waals surface area contributed by atoms with Crippen LogP contribution in [0.3, 0.4) is 0 Å². The van der Waals surface area contributed by atoms with Gasteiger partial charge in [-0.25, -0.2) is 0 Å². The highest BCUT2D eigenvalue weighted by molar-refractivity contribution is 8.00. The molecule has 0 fully saturated rings. The lowest BCUT2D eigenvalue weighted by Crippen LogP contribution is -2.36. The Morgan fingerprint density at radius 3 is 2.96 bits per heavy atom. The van der Waals surface area contributed by atoms with Crippen molar-refractivity contribution in [3.05, 3.63) is 59.2 Å². The summed E-state index contributed by atoms with van der Waals surface area (Å²) in [6, 6.07) is 14.1. The minimum atomic E-state index is -0.123. The molecule has 0 radical (unpaired) electrons. The van der Waals surface area contributed by atoms with E-state index >= 15 is 0 Å². The maximum Gasteiger partial charge on any atom is 0.233 e. The van der Waals surface area contributed by atoms with Crippen molar-refractivity contribution in [1.29, 1.82) is 0 Å². The van der Waals surface area contributed by atoms with Gasteiger partial charge < -0.3 is 14.8 Å². The van der Waals surface area contributed by atoms with Gasteiger partial charge in [0.15, 0.2) is 0 Å². The normalized spacial score (nSPS) is 16.8. The Bertz CT molecular complexity index is 793. The SMILES string of the molecule is Cc1ccc(C)c(OCCSC(C)C(=O)NC2CCOc3ccccc32)c1. The summed E-state index contributed by atoms with van der Waals surface area (Å²) >= 11 is 1.62. The predicted molar refractivity (Wildman–Crippen MR) is 111 cm³/mol. The molecule has 0 bridgehead atoms. The van der Waals surface area contributed by atoms with E-state index in [0.717, 1.165) is 34.8 Å². The summed E-state index contributed by atoms with van der Waals surface area (Å²) in [7, 11) is 0. The lowest BCUT2D eigenvalue weighted by molar-refractivity contribution is -0.121. The van der Waals surface area contributed by atoms with Crippen molar-refractivity contribution in [2.45, 2.75) is 38.5 Å². The third-order valence-corrected chi connectivity index (χ3v) is 5.81. The topological polar surface area (TPSA) is 47.6 Å². The van der Waals surface area contributed by atoms with Crippen molar-refractivity contribution in [2.24, 2.45) is 0 Å². The molecule has 2 aromatic carbocycles. The average Bonchev–Trinajstić information content (AvgIpc) is 2.68. The molecule has 2 atom stereocenters. The molecule has 0 aromatic heterocycles.